The van der Waals surface area contributed by atoms with Crippen LogP contribution >= 0.6 is 0 Å². The molecule has 10 rings (SSSR count). The fourth-order valence-electron chi connectivity index (χ4n) is 8.29. The number of nitrogens with zero attached hydrogens (tertiary/aromatic N) is 2. The van der Waals surface area contributed by atoms with Crippen molar-refractivity contribution in [1.82, 2.24) is 0 Å². The average molecular weight is 651 g/mol. The molecular weight excluding hydrogens is 617 g/mol. The topological polar surface area (TPSA) is 6.48 Å². The highest BCUT2D eigenvalue weighted by molar-refractivity contribution is 6.18. The predicted molar refractivity (Wildman–Crippen MR) is 216 cm³/mol. The molecule has 1 aliphatic heterocycles. The van der Waals surface area contributed by atoms with Gasteiger partial charge in [0.15, 0.2) is 0 Å². The second kappa shape index (κ2) is 11.5. The summed E-state index contributed by atoms with van der Waals surface area (Å²) in [5.41, 5.74) is 18.0. The molecule has 2 aliphatic rings. The van der Waals surface area contributed by atoms with Gasteiger partial charge in [-0.2, -0.15) is 0 Å². The van der Waals surface area contributed by atoms with Gasteiger partial charge in [0, 0.05) is 16.8 Å². The maximum absolute atomic E-state index is 4.80. The maximum atomic E-state index is 4.80. The van der Waals surface area contributed by atoms with Crippen LogP contribution in [0.25, 0.3) is 66.4 Å². The third kappa shape index (κ3) is 4.50. The molecule has 0 atom stereocenters. The lowest BCUT2D eigenvalue weighted by Gasteiger charge is -2.35. The molecule has 0 amide bonds. The zero-order chi connectivity index (χ0) is 34.1. The van der Waals surface area contributed by atoms with Crippen LogP contribution in [0.2, 0.25) is 0 Å². The van der Waals surface area contributed by atoms with Gasteiger partial charge < -0.3 is 0 Å². The molecule has 0 N–H and O–H groups in total. The summed E-state index contributed by atoms with van der Waals surface area (Å²) in [6, 6.07) is 63.9. The predicted octanol–water partition coefficient (Wildman–Crippen LogP) is 13.6. The second-order valence-corrected chi connectivity index (χ2v) is 13.5. The van der Waals surface area contributed by atoms with Crippen LogP contribution in [-0.2, 0) is 0 Å². The number of hydrogen-bond donors (Lipinski definition) is 0. The summed E-state index contributed by atoms with van der Waals surface area (Å²) in [5, 5.41) is 2.64. The van der Waals surface area contributed by atoms with Gasteiger partial charge in [-0.1, -0.05) is 146 Å². The van der Waals surface area contributed by atoms with Gasteiger partial charge in [0.1, 0.15) is 5.82 Å². The van der Waals surface area contributed by atoms with E-state index in [9.17, 15) is 0 Å². The first-order valence-corrected chi connectivity index (χ1v) is 17.6. The SMILES string of the molecule is C=C1N(c2cccc(-c3cccc(-c4ccc5c6c(cccc46)-c4ccccc4-5)c3)c2)c2ccccc2-c2ccccc2N1c1ccccc1C. The van der Waals surface area contributed by atoms with E-state index in [2.05, 4.69) is 193 Å². The van der Waals surface area contributed by atoms with E-state index in [1.54, 1.807) is 0 Å². The lowest BCUT2D eigenvalue weighted by molar-refractivity contribution is 1.07. The summed E-state index contributed by atoms with van der Waals surface area (Å²) in [6.07, 6.45) is 0. The molecule has 2 nitrogen and oxygen atoms in total. The van der Waals surface area contributed by atoms with Gasteiger partial charge in [-0.05, 0) is 104 Å². The van der Waals surface area contributed by atoms with E-state index in [1.165, 1.54) is 66.4 Å². The van der Waals surface area contributed by atoms with Gasteiger partial charge in [0.25, 0.3) is 0 Å². The molecule has 8 aromatic rings. The first kappa shape index (κ1) is 29.3. The average Bonchev–Trinajstić information content (AvgIpc) is 3.46. The van der Waals surface area contributed by atoms with Gasteiger partial charge in [-0.25, -0.2) is 0 Å². The molecule has 240 valence electrons. The van der Waals surface area contributed by atoms with Crippen molar-refractivity contribution in [1.29, 1.82) is 0 Å². The first-order valence-electron chi connectivity index (χ1n) is 17.6. The minimum atomic E-state index is 0.876. The molecular formula is C49H34N2. The van der Waals surface area contributed by atoms with Crippen LogP contribution in [0.15, 0.2) is 188 Å². The van der Waals surface area contributed by atoms with E-state index in [0.717, 1.165) is 34.1 Å². The molecule has 1 heterocycles. The van der Waals surface area contributed by atoms with Crippen LogP contribution in [-0.4, -0.2) is 0 Å². The number of anilines is 4. The number of aryl methyl sites for hydroxylation is 1. The second-order valence-electron chi connectivity index (χ2n) is 13.5. The summed E-state index contributed by atoms with van der Waals surface area (Å²) in [6.45, 7) is 6.97. The Morgan fingerprint density at radius 1 is 0.373 bits per heavy atom. The maximum Gasteiger partial charge on any atom is 0.115 e. The van der Waals surface area contributed by atoms with Crippen LogP contribution in [0.1, 0.15) is 5.56 Å². The Labute approximate surface area is 298 Å². The number of rotatable bonds is 4. The minimum Gasteiger partial charge on any atom is -0.296 e. The van der Waals surface area contributed by atoms with Crippen LogP contribution in [0, 0.1) is 6.92 Å². The summed E-state index contributed by atoms with van der Waals surface area (Å²) >= 11 is 0. The van der Waals surface area contributed by atoms with E-state index >= 15 is 0 Å². The zero-order valence-corrected chi connectivity index (χ0v) is 28.3. The van der Waals surface area contributed by atoms with Crippen LogP contribution in [0.5, 0.6) is 0 Å². The lowest BCUT2D eigenvalue weighted by Crippen LogP contribution is -2.28. The Morgan fingerprint density at radius 2 is 0.882 bits per heavy atom. The lowest BCUT2D eigenvalue weighted by atomic mass is 9.92. The van der Waals surface area contributed by atoms with Crippen molar-refractivity contribution in [2.45, 2.75) is 6.92 Å². The van der Waals surface area contributed by atoms with Gasteiger partial charge in [-0.3, -0.25) is 9.80 Å². The Bertz CT molecular complexity index is 2670. The molecule has 51 heavy (non-hydrogen) atoms. The Hall–Kier alpha value is -6.64. The number of fused-ring (bicyclic) bond motifs is 6. The van der Waals surface area contributed by atoms with Crippen molar-refractivity contribution in [2.24, 2.45) is 0 Å². The Balaban J connectivity index is 1.10. The largest absolute Gasteiger partial charge is 0.296 e. The fraction of sp³-hybridized carbons (Fsp3) is 0.0204. The normalized spacial score (nSPS) is 12.8. The molecule has 1 aliphatic carbocycles. The molecule has 0 radical (unpaired) electrons. The highest BCUT2D eigenvalue weighted by atomic mass is 15.3. The Kier molecular flexibility index (Phi) is 6.59. The zero-order valence-electron chi connectivity index (χ0n) is 28.3. The van der Waals surface area contributed by atoms with E-state index < -0.39 is 0 Å². The van der Waals surface area contributed by atoms with E-state index in [-0.39, 0.29) is 0 Å². The van der Waals surface area contributed by atoms with Crippen molar-refractivity contribution >= 4 is 33.5 Å². The van der Waals surface area contributed by atoms with Crippen molar-refractivity contribution in [3.63, 3.8) is 0 Å². The highest BCUT2D eigenvalue weighted by Crippen LogP contribution is 2.51. The van der Waals surface area contributed by atoms with Gasteiger partial charge in [-0.15, -0.1) is 0 Å². The molecule has 0 saturated heterocycles. The van der Waals surface area contributed by atoms with Gasteiger partial charge in [0.05, 0.1) is 17.1 Å². The molecule has 0 fully saturated rings. The van der Waals surface area contributed by atoms with E-state index in [1.807, 2.05) is 0 Å². The van der Waals surface area contributed by atoms with Crippen molar-refractivity contribution in [2.75, 3.05) is 9.80 Å². The monoisotopic (exact) mass is 650 g/mol. The smallest absolute Gasteiger partial charge is 0.115 e. The Morgan fingerprint density at radius 3 is 1.61 bits per heavy atom. The number of benzene rings is 8. The van der Waals surface area contributed by atoms with Crippen molar-refractivity contribution < 1.29 is 0 Å². The third-order valence-corrected chi connectivity index (χ3v) is 10.6. The summed E-state index contributed by atoms with van der Waals surface area (Å²) in [4.78, 5) is 4.63. The standard InChI is InChI=1S/C49H34N2/c1-32-14-3-8-25-46(32)51-33(2)50(47-26-9-6-21-41(47)42-22-7-10-27-48(42)51)37-18-12-16-35(31-37)34-15-11-17-36(30-34)38-28-29-45-40-20-5-4-19-39(40)44-24-13-23-43(38)49(44)45/h3-31H,2H2,1H3. The molecule has 0 aromatic heterocycles. The number of para-hydroxylation sites is 3. The quantitative estimate of drug-likeness (QED) is 0.187. The van der Waals surface area contributed by atoms with Gasteiger partial charge in [0.2, 0.25) is 0 Å². The van der Waals surface area contributed by atoms with Crippen molar-refractivity contribution in [3.8, 4) is 55.6 Å². The van der Waals surface area contributed by atoms with Crippen LogP contribution < -0.4 is 9.80 Å². The molecule has 8 aromatic carbocycles. The molecule has 2 heteroatoms. The van der Waals surface area contributed by atoms with E-state index in [0.29, 0.717) is 0 Å². The minimum absolute atomic E-state index is 0.876. The van der Waals surface area contributed by atoms with Crippen molar-refractivity contribution in [3.05, 3.63) is 194 Å². The van der Waals surface area contributed by atoms with Crippen LogP contribution in [0.3, 0.4) is 0 Å². The molecule has 0 bridgehead atoms. The number of hydrogen-bond acceptors (Lipinski definition) is 2. The molecule has 0 saturated carbocycles. The third-order valence-electron chi connectivity index (χ3n) is 10.6. The summed E-state index contributed by atoms with van der Waals surface area (Å²) < 4.78 is 0. The summed E-state index contributed by atoms with van der Waals surface area (Å²) in [7, 11) is 0. The molecule has 0 unspecified atom stereocenters. The fourth-order valence-corrected chi connectivity index (χ4v) is 8.29. The van der Waals surface area contributed by atoms with Gasteiger partial charge >= 0.3 is 0 Å². The summed E-state index contributed by atoms with van der Waals surface area (Å²) in [5.74, 6) is 0.876. The highest BCUT2D eigenvalue weighted by Gasteiger charge is 2.30. The van der Waals surface area contributed by atoms with E-state index in [4.69, 9.17) is 6.58 Å². The first-order chi connectivity index (χ1) is 25.2. The molecule has 0 spiro atoms. The van der Waals surface area contributed by atoms with Crippen LogP contribution in [0.4, 0.5) is 22.7 Å².